The normalized spacial score (nSPS) is 18.7. The molecule has 2 atom stereocenters. The molecule has 0 saturated heterocycles. The van der Waals surface area contributed by atoms with Gasteiger partial charge in [-0.05, 0) is 71.9 Å². The van der Waals surface area contributed by atoms with Gasteiger partial charge in [0, 0.05) is 23.6 Å². The first-order valence-electron chi connectivity index (χ1n) is 21.0. The van der Waals surface area contributed by atoms with Gasteiger partial charge in [-0.2, -0.15) is 10.2 Å². The van der Waals surface area contributed by atoms with Crippen LogP contribution in [0.4, 0.5) is 22.7 Å². The van der Waals surface area contributed by atoms with Crippen LogP contribution in [0.3, 0.4) is 0 Å². The Bertz CT molecular complexity index is 2870. The van der Waals surface area contributed by atoms with Crippen molar-refractivity contribution in [2.45, 2.75) is 54.4 Å². The Morgan fingerprint density at radius 2 is 0.955 bits per heavy atom. The second kappa shape index (κ2) is 18.4. The molecular weight excluding hydrogens is 883 g/mol. The molecule has 2 aliphatic carbocycles. The van der Waals surface area contributed by atoms with E-state index in [1.165, 1.54) is 24.3 Å². The van der Waals surface area contributed by atoms with Crippen molar-refractivity contribution in [3.8, 4) is 11.5 Å². The monoisotopic (exact) mass is 928 g/mol. The zero-order valence-corrected chi connectivity index (χ0v) is 38.3. The molecule has 0 heterocycles. The molecule has 16 heteroatoms. The molecule has 2 aliphatic rings. The summed E-state index contributed by atoms with van der Waals surface area (Å²) >= 11 is 13.3. The number of benzene rings is 5. The van der Waals surface area contributed by atoms with Crippen molar-refractivity contribution in [2.24, 2.45) is 43.1 Å². The van der Waals surface area contributed by atoms with Gasteiger partial charge in [0.2, 0.25) is 0 Å². The average Bonchev–Trinajstić information content (AvgIpc) is 3.27. The first-order valence-corrected chi connectivity index (χ1v) is 21.7. The van der Waals surface area contributed by atoms with E-state index in [-0.39, 0.29) is 68.6 Å². The SMILES string of the molecule is CC1=C(/N=N\c2c(O)c(C(=O)Nc3cc(Cl)c(NC(=O)c4cc5ccccc5c(/N=N\C5=C(C)C=CC(C(=O)O)(C(C)C)C5)c4O)cc3Cl)cc3ccccc23)CC(C(=O)O)(C(C)C)C=C1. The number of hydrogen-bond donors (Lipinski definition) is 6. The molecule has 14 nitrogen and oxygen atoms in total. The Morgan fingerprint density at radius 3 is 1.30 bits per heavy atom. The van der Waals surface area contributed by atoms with Crippen LogP contribution >= 0.6 is 23.2 Å². The van der Waals surface area contributed by atoms with Gasteiger partial charge in [0.1, 0.15) is 11.4 Å². The fraction of sp³-hybridized carbons (Fsp3) is 0.240. The smallest absolute Gasteiger partial charge is 0.314 e. The van der Waals surface area contributed by atoms with Crippen molar-refractivity contribution in [3.05, 3.63) is 141 Å². The number of anilines is 2. The van der Waals surface area contributed by atoms with E-state index in [1.807, 2.05) is 27.7 Å². The Kier molecular flexibility index (Phi) is 13.0. The number of amides is 2. The first-order chi connectivity index (χ1) is 31.3. The minimum Gasteiger partial charge on any atom is -0.505 e. The van der Waals surface area contributed by atoms with Gasteiger partial charge in [0.05, 0.1) is 54.8 Å². The van der Waals surface area contributed by atoms with Gasteiger partial charge in [-0.1, -0.05) is 124 Å². The molecule has 66 heavy (non-hydrogen) atoms. The van der Waals surface area contributed by atoms with E-state index in [0.717, 1.165) is 0 Å². The van der Waals surface area contributed by atoms with Gasteiger partial charge in [-0.3, -0.25) is 19.2 Å². The van der Waals surface area contributed by atoms with E-state index in [2.05, 4.69) is 31.1 Å². The van der Waals surface area contributed by atoms with Gasteiger partial charge >= 0.3 is 11.9 Å². The maximum Gasteiger partial charge on any atom is 0.314 e. The molecule has 0 fully saturated rings. The van der Waals surface area contributed by atoms with Gasteiger partial charge in [0.25, 0.3) is 11.8 Å². The van der Waals surface area contributed by atoms with E-state index >= 15 is 0 Å². The number of allylic oxidation sites excluding steroid dienone is 6. The van der Waals surface area contributed by atoms with Crippen LogP contribution in [0.2, 0.25) is 10.0 Å². The number of hydrogen-bond acceptors (Lipinski definition) is 10. The molecule has 7 rings (SSSR count). The van der Waals surface area contributed by atoms with Crippen molar-refractivity contribution in [3.63, 3.8) is 0 Å². The molecule has 0 aliphatic heterocycles. The molecule has 2 amide bonds. The van der Waals surface area contributed by atoms with Crippen LogP contribution in [-0.2, 0) is 9.59 Å². The van der Waals surface area contributed by atoms with Gasteiger partial charge < -0.3 is 31.1 Å². The number of fused-ring (bicyclic) bond motifs is 2. The number of phenols is 2. The zero-order valence-electron chi connectivity index (χ0n) is 36.8. The molecule has 0 spiro atoms. The van der Waals surface area contributed by atoms with E-state index < -0.39 is 46.1 Å². The number of aliphatic carboxylic acids is 2. The van der Waals surface area contributed by atoms with Crippen LogP contribution in [0.25, 0.3) is 21.5 Å². The summed E-state index contributed by atoms with van der Waals surface area (Å²) in [5.74, 6) is -5.02. The Hall–Kier alpha value is -7.16. The third-order valence-corrected chi connectivity index (χ3v) is 13.1. The maximum atomic E-state index is 13.9. The minimum absolute atomic E-state index is 0.00739. The van der Waals surface area contributed by atoms with Crippen molar-refractivity contribution >= 4 is 91.2 Å². The Balaban J connectivity index is 1.15. The van der Waals surface area contributed by atoms with E-state index in [1.54, 1.807) is 86.7 Å². The van der Waals surface area contributed by atoms with E-state index in [0.29, 0.717) is 44.1 Å². The number of carbonyl (C=O) groups excluding carboxylic acids is 2. The molecule has 0 bridgehead atoms. The number of halogens is 2. The number of azo groups is 2. The van der Waals surface area contributed by atoms with Gasteiger partial charge in [-0.25, -0.2) is 0 Å². The summed E-state index contributed by atoms with van der Waals surface area (Å²) in [5.41, 5.74) is -0.433. The molecule has 2 unspecified atom stereocenters. The molecule has 6 N–H and O–H groups in total. The van der Waals surface area contributed by atoms with Crippen molar-refractivity contribution in [1.82, 2.24) is 0 Å². The predicted molar refractivity (Wildman–Crippen MR) is 255 cm³/mol. The Morgan fingerprint density at radius 1 is 0.591 bits per heavy atom. The predicted octanol–water partition coefficient (Wildman–Crippen LogP) is 13.3. The lowest BCUT2D eigenvalue weighted by atomic mass is 9.71. The standard InChI is InChI=1S/C50H46Cl2N6O8/c1-25(2)49(47(63)64)17-15-27(5)39(23-49)55-57-41-31-13-9-7-11-29(31)19-33(43(41)59)45(61)53-37-21-36(52)38(22-35(37)51)54-46(62)34-20-30-12-8-10-14-32(30)42(44(34)60)58-56-40-24-50(26(3)4,48(65)66)18-16-28(40)6/h7-22,25-26,59-60H,23-24H2,1-6H3,(H,53,61)(H,54,62)(H,63,64)(H,65,66)/b57-55-,58-56-. The summed E-state index contributed by atoms with van der Waals surface area (Å²) in [6.07, 6.45) is 6.89. The van der Waals surface area contributed by atoms with Crippen LogP contribution < -0.4 is 10.6 Å². The highest BCUT2D eigenvalue weighted by molar-refractivity contribution is 6.38. The van der Waals surface area contributed by atoms with Crippen LogP contribution in [0, 0.1) is 22.7 Å². The number of phenolic OH excluding ortho intramolecular Hbond substituents is 2. The highest BCUT2D eigenvalue weighted by Gasteiger charge is 2.43. The highest BCUT2D eigenvalue weighted by Crippen LogP contribution is 2.46. The fourth-order valence-corrected chi connectivity index (χ4v) is 8.44. The lowest BCUT2D eigenvalue weighted by molar-refractivity contribution is -0.149. The second-order valence-electron chi connectivity index (χ2n) is 17.1. The number of nitrogens with one attached hydrogen (secondary N) is 2. The summed E-state index contributed by atoms with van der Waals surface area (Å²) in [6.45, 7) is 10.9. The van der Waals surface area contributed by atoms with Gasteiger partial charge in [0.15, 0.2) is 11.5 Å². The zero-order chi connectivity index (χ0) is 47.8. The van der Waals surface area contributed by atoms with Crippen molar-refractivity contribution in [1.29, 1.82) is 0 Å². The largest absolute Gasteiger partial charge is 0.505 e. The summed E-state index contributed by atoms with van der Waals surface area (Å²) in [7, 11) is 0. The number of carbonyl (C=O) groups is 4. The first kappa shape index (κ1) is 46.8. The molecule has 5 aromatic carbocycles. The van der Waals surface area contributed by atoms with E-state index in [4.69, 9.17) is 23.2 Å². The average molecular weight is 930 g/mol. The quantitative estimate of drug-likeness (QED) is 0.0659. The minimum atomic E-state index is -1.20. The lowest BCUT2D eigenvalue weighted by Gasteiger charge is -2.33. The second-order valence-corrected chi connectivity index (χ2v) is 17.9. The number of carboxylic acid groups (broad SMARTS) is 2. The fourth-order valence-electron chi connectivity index (χ4n) is 8.02. The van der Waals surface area contributed by atoms with Crippen molar-refractivity contribution in [2.75, 3.05) is 10.6 Å². The number of aromatic hydroxyl groups is 2. The van der Waals surface area contributed by atoms with Crippen LogP contribution in [-0.4, -0.2) is 44.2 Å². The topological polar surface area (TPSA) is 223 Å². The molecule has 5 aromatic rings. The van der Waals surface area contributed by atoms with Gasteiger partial charge in [-0.15, -0.1) is 10.2 Å². The molecular formula is C50H46Cl2N6O8. The summed E-state index contributed by atoms with van der Waals surface area (Å²) in [4.78, 5) is 52.6. The maximum absolute atomic E-state index is 13.9. The molecule has 0 aromatic heterocycles. The number of nitrogens with zero attached hydrogens (tertiary/aromatic N) is 4. The van der Waals surface area contributed by atoms with E-state index in [9.17, 15) is 39.6 Å². The third-order valence-electron chi connectivity index (χ3n) is 12.5. The van der Waals surface area contributed by atoms with Crippen molar-refractivity contribution < 1.29 is 39.6 Å². The molecule has 338 valence electrons. The molecule has 0 saturated carbocycles. The Labute approximate surface area is 389 Å². The number of carboxylic acids is 2. The van der Waals surface area contributed by atoms with Crippen LogP contribution in [0.1, 0.15) is 75.1 Å². The summed E-state index contributed by atoms with van der Waals surface area (Å²) in [5, 5.41) is 68.4. The van der Waals surface area contributed by atoms with Crippen LogP contribution in [0.15, 0.2) is 140 Å². The van der Waals surface area contributed by atoms with Crippen LogP contribution in [0.5, 0.6) is 11.5 Å². The highest BCUT2D eigenvalue weighted by atomic mass is 35.5. The lowest BCUT2D eigenvalue weighted by Crippen LogP contribution is -2.36. The third kappa shape index (κ3) is 8.69. The number of rotatable bonds is 12. The molecule has 0 radical (unpaired) electrons. The summed E-state index contributed by atoms with van der Waals surface area (Å²) in [6, 6.07) is 19.5. The summed E-state index contributed by atoms with van der Waals surface area (Å²) < 4.78 is 0.